The summed E-state index contributed by atoms with van der Waals surface area (Å²) >= 11 is 1.81. The van der Waals surface area contributed by atoms with Crippen LogP contribution in [0.2, 0.25) is 0 Å². The Morgan fingerprint density at radius 3 is 2.57 bits per heavy atom. The van der Waals surface area contributed by atoms with E-state index in [1.165, 1.54) is 21.7 Å². The molecule has 0 saturated carbocycles. The molecule has 0 bridgehead atoms. The van der Waals surface area contributed by atoms with Crippen LogP contribution < -0.4 is 5.32 Å². The van der Waals surface area contributed by atoms with Crippen molar-refractivity contribution < 1.29 is 0 Å². The van der Waals surface area contributed by atoms with Crippen LogP contribution in [-0.4, -0.2) is 11.0 Å². The summed E-state index contributed by atoms with van der Waals surface area (Å²) in [6, 6.07) is 9.69. The van der Waals surface area contributed by atoms with Gasteiger partial charge in [-0.25, -0.2) is 4.98 Å². The maximum absolute atomic E-state index is 4.52. The zero-order valence-electron chi connectivity index (χ0n) is 13.7. The van der Waals surface area contributed by atoms with Gasteiger partial charge in [0.2, 0.25) is 0 Å². The monoisotopic (exact) mass is 302 g/mol. The van der Waals surface area contributed by atoms with E-state index in [2.05, 4.69) is 69.2 Å². The number of nitrogens with zero attached hydrogens (tertiary/aromatic N) is 1. The van der Waals surface area contributed by atoms with Gasteiger partial charge in [0.1, 0.15) is 0 Å². The van der Waals surface area contributed by atoms with Crippen molar-refractivity contribution in [2.24, 2.45) is 0 Å². The number of rotatable bonds is 6. The lowest BCUT2D eigenvalue weighted by Gasteiger charge is -2.19. The highest BCUT2D eigenvalue weighted by atomic mass is 32.1. The maximum Gasteiger partial charge on any atom is 0.0900 e. The van der Waals surface area contributed by atoms with Crippen LogP contribution in [0.5, 0.6) is 0 Å². The summed E-state index contributed by atoms with van der Waals surface area (Å²) in [7, 11) is 0. The zero-order valence-corrected chi connectivity index (χ0v) is 14.6. The molecule has 2 rings (SSSR count). The SMILES string of the molecule is Cc1cccc(CCC(C)NC(C)c2sc(C)nc2C)c1. The van der Waals surface area contributed by atoms with Gasteiger partial charge in [-0.3, -0.25) is 0 Å². The van der Waals surface area contributed by atoms with Crippen LogP contribution in [0.3, 0.4) is 0 Å². The third-order valence-corrected chi connectivity index (χ3v) is 5.07. The second-order valence-electron chi connectivity index (χ2n) is 6.00. The van der Waals surface area contributed by atoms with E-state index in [9.17, 15) is 0 Å². The molecule has 2 nitrogen and oxygen atoms in total. The Hall–Kier alpha value is -1.19. The van der Waals surface area contributed by atoms with Gasteiger partial charge in [-0.2, -0.15) is 0 Å². The minimum Gasteiger partial charge on any atom is -0.307 e. The molecule has 0 aliphatic carbocycles. The molecule has 1 aromatic carbocycles. The molecule has 0 amide bonds. The third-order valence-electron chi connectivity index (χ3n) is 3.82. The largest absolute Gasteiger partial charge is 0.307 e. The average Bonchev–Trinajstić information content (AvgIpc) is 2.75. The number of hydrogen-bond acceptors (Lipinski definition) is 3. The lowest BCUT2D eigenvalue weighted by molar-refractivity contribution is 0.459. The fourth-order valence-corrected chi connectivity index (χ4v) is 3.72. The Morgan fingerprint density at radius 2 is 1.95 bits per heavy atom. The van der Waals surface area contributed by atoms with Gasteiger partial charge in [0.15, 0.2) is 0 Å². The molecule has 2 atom stereocenters. The Bertz CT molecular complexity index is 589. The van der Waals surface area contributed by atoms with Gasteiger partial charge < -0.3 is 5.32 Å². The van der Waals surface area contributed by atoms with Crippen molar-refractivity contribution in [2.75, 3.05) is 0 Å². The molecule has 2 aromatic rings. The van der Waals surface area contributed by atoms with Crippen molar-refractivity contribution in [1.29, 1.82) is 0 Å². The molecular formula is C18H26N2S. The van der Waals surface area contributed by atoms with Crippen molar-refractivity contribution in [1.82, 2.24) is 10.3 Å². The van der Waals surface area contributed by atoms with Gasteiger partial charge in [-0.15, -0.1) is 11.3 Å². The molecule has 1 aromatic heterocycles. The van der Waals surface area contributed by atoms with Gasteiger partial charge >= 0.3 is 0 Å². The Balaban J connectivity index is 1.87. The zero-order chi connectivity index (χ0) is 15.4. The Labute approximate surface area is 132 Å². The van der Waals surface area contributed by atoms with Crippen LogP contribution in [0.4, 0.5) is 0 Å². The van der Waals surface area contributed by atoms with Crippen LogP contribution in [0.15, 0.2) is 24.3 Å². The van der Waals surface area contributed by atoms with E-state index in [0.29, 0.717) is 12.1 Å². The third kappa shape index (κ3) is 4.65. The maximum atomic E-state index is 4.52. The van der Waals surface area contributed by atoms with E-state index in [1.54, 1.807) is 0 Å². The lowest BCUT2D eigenvalue weighted by atomic mass is 10.0. The van der Waals surface area contributed by atoms with E-state index < -0.39 is 0 Å². The molecule has 1 heterocycles. The van der Waals surface area contributed by atoms with Crippen LogP contribution in [0.25, 0.3) is 0 Å². The number of hydrogen-bond donors (Lipinski definition) is 1. The Kier molecular flexibility index (Phi) is 5.54. The van der Waals surface area contributed by atoms with Crippen molar-refractivity contribution in [2.45, 2.75) is 59.5 Å². The van der Waals surface area contributed by atoms with Gasteiger partial charge in [0.25, 0.3) is 0 Å². The Morgan fingerprint density at radius 1 is 1.19 bits per heavy atom. The second kappa shape index (κ2) is 7.19. The number of aryl methyl sites for hydroxylation is 4. The first-order valence-electron chi connectivity index (χ1n) is 7.71. The first-order valence-corrected chi connectivity index (χ1v) is 8.53. The first-order chi connectivity index (χ1) is 9.95. The van der Waals surface area contributed by atoms with Crippen molar-refractivity contribution in [3.63, 3.8) is 0 Å². The molecule has 0 saturated heterocycles. The average molecular weight is 302 g/mol. The van der Waals surface area contributed by atoms with Crippen molar-refractivity contribution >= 4 is 11.3 Å². The highest BCUT2D eigenvalue weighted by Gasteiger charge is 2.15. The van der Waals surface area contributed by atoms with Crippen LogP contribution in [0, 0.1) is 20.8 Å². The molecule has 0 aliphatic rings. The molecule has 0 aliphatic heterocycles. The lowest BCUT2D eigenvalue weighted by Crippen LogP contribution is -2.29. The standard InChI is InChI=1S/C18H26N2S/c1-12-7-6-8-17(11-12)10-9-13(2)19-14(3)18-15(4)20-16(5)21-18/h6-8,11,13-14,19H,9-10H2,1-5H3. The van der Waals surface area contributed by atoms with Crippen LogP contribution in [0.1, 0.15) is 53.0 Å². The predicted octanol–water partition coefficient (Wildman–Crippen LogP) is 4.74. The van der Waals surface area contributed by atoms with E-state index in [-0.39, 0.29) is 0 Å². The number of aromatic nitrogens is 1. The molecule has 0 radical (unpaired) electrons. The van der Waals surface area contributed by atoms with Crippen molar-refractivity contribution in [3.05, 3.63) is 51.0 Å². The summed E-state index contributed by atoms with van der Waals surface area (Å²) in [4.78, 5) is 5.89. The van der Waals surface area contributed by atoms with E-state index >= 15 is 0 Å². The summed E-state index contributed by atoms with van der Waals surface area (Å²) in [6.45, 7) is 10.9. The second-order valence-corrected chi connectivity index (χ2v) is 7.23. The number of thiazole rings is 1. The number of benzene rings is 1. The fourth-order valence-electron chi connectivity index (χ4n) is 2.79. The predicted molar refractivity (Wildman–Crippen MR) is 92.1 cm³/mol. The highest BCUT2D eigenvalue weighted by molar-refractivity contribution is 7.11. The van der Waals surface area contributed by atoms with E-state index in [4.69, 9.17) is 0 Å². The summed E-state index contributed by atoms with van der Waals surface area (Å²) in [5.41, 5.74) is 3.95. The van der Waals surface area contributed by atoms with Crippen molar-refractivity contribution in [3.8, 4) is 0 Å². The minimum absolute atomic E-state index is 0.378. The number of nitrogens with one attached hydrogen (secondary N) is 1. The molecule has 21 heavy (non-hydrogen) atoms. The van der Waals surface area contributed by atoms with Crippen LogP contribution in [-0.2, 0) is 6.42 Å². The fraction of sp³-hybridized carbons (Fsp3) is 0.500. The summed E-state index contributed by atoms with van der Waals surface area (Å²) in [6.07, 6.45) is 2.29. The first kappa shape index (κ1) is 16.2. The molecule has 0 fully saturated rings. The van der Waals surface area contributed by atoms with Gasteiger partial charge in [-0.05, 0) is 53.0 Å². The molecule has 2 unspecified atom stereocenters. The van der Waals surface area contributed by atoms with E-state index in [0.717, 1.165) is 17.8 Å². The molecule has 0 spiro atoms. The summed E-state index contributed by atoms with van der Waals surface area (Å²) < 4.78 is 0. The molecule has 3 heteroatoms. The smallest absolute Gasteiger partial charge is 0.0900 e. The highest BCUT2D eigenvalue weighted by Crippen LogP contribution is 2.25. The van der Waals surface area contributed by atoms with Gasteiger partial charge in [0.05, 0.1) is 10.7 Å². The summed E-state index contributed by atoms with van der Waals surface area (Å²) in [5, 5.41) is 4.86. The van der Waals surface area contributed by atoms with Gasteiger partial charge in [-0.1, -0.05) is 29.8 Å². The topological polar surface area (TPSA) is 24.9 Å². The molecular weight excluding hydrogens is 276 g/mol. The molecule has 1 N–H and O–H groups in total. The normalized spacial score (nSPS) is 14.1. The van der Waals surface area contributed by atoms with Gasteiger partial charge in [0, 0.05) is 17.0 Å². The van der Waals surface area contributed by atoms with Crippen LogP contribution >= 0.6 is 11.3 Å². The quantitative estimate of drug-likeness (QED) is 0.833. The van der Waals surface area contributed by atoms with E-state index in [1.807, 2.05) is 11.3 Å². The summed E-state index contributed by atoms with van der Waals surface area (Å²) in [5.74, 6) is 0. The molecule has 114 valence electrons. The minimum atomic E-state index is 0.378.